The van der Waals surface area contributed by atoms with E-state index in [0.717, 1.165) is 119 Å². The van der Waals surface area contributed by atoms with Crippen LogP contribution in [-0.2, 0) is 28.2 Å². The highest BCUT2D eigenvalue weighted by Gasteiger charge is 2.42. The second-order valence-corrected chi connectivity index (χ2v) is 25.0. The monoisotopic (exact) mass is 1220 g/mol. The van der Waals surface area contributed by atoms with Gasteiger partial charge in [0.1, 0.15) is 22.8 Å². The predicted octanol–water partition coefficient (Wildman–Crippen LogP) is 10.4. The molecule has 16 rings (SSSR count). The average molecular weight is 1220 g/mol. The van der Waals surface area contributed by atoms with Crippen LogP contribution in [0, 0.1) is 55.4 Å². The normalized spacial score (nSPS) is 13.7. The molecule has 456 valence electrons. The molecule has 0 bridgehead atoms. The first-order valence-electron chi connectivity index (χ1n) is 31.5. The first kappa shape index (κ1) is 60.7. The first-order valence-corrected chi connectivity index (χ1v) is 31.5. The second-order valence-electron chi connectivity index (χ2n) is 25.0. The molecule has 0 atom stereocenters. The molecule has 92 heavy (non-hydrogen) atoms. The van der Waals surface area contributed by atoms with Gasteiger partial charge in [-0.3, -0.25) is 19.2 Å². The van der Waals surface area contributed by atoms with Crippen LogP contribution in [0.25, 0.3) is 68.7 Å². The molecule has 4 aliphatic rings. The minimum absolute atomic E-state index is 0.124. The van der Waals surface area contributed by atoms with Crippen LogP contribution in [0.4, 0.5) is 23.3 Å². The van der Waals surface area contributed by atoms with Crippen LogP contribution in [0.1, 0.15) is 67.7 Å². The van der Waals surface area contributed by atoms with Gasteiger partial charge in [0.15, 0.2) is 0 Å². The number of aryl methyl sites for hydroxylation is 12. The number of furan rings is 4. The average Bonchev–Trinajstić information content (AvgIpc) is 1.61. The van der Waals surface area contributed by atoms with Gasteiger partial charge in [-0.05, 0) is 184 Å². The Kier molecular flexibility index (Phi) is 16.0. The molecule has 0 aliphatic carbocycles. The minimum atomic E-state index is 0.124. The van der Waals surface area contributed by atoms with E-state index >= 15 is 0 Å². The molecule has 16 nitrogen and oxygen atoms in total. The van der Waals surface area contributed by atoms with Gasteiger partial charge in [0.05, 0.1) is 77.8 Å². The third kappa shape index (κ3) is 11.1. The summed E-state index contributed by atoms with van der Waals surface area (Å²) in [7, 11) is 8.29. The summed E-state index contributed by atoms with van der Waals surface area (Å²) in [6.45, 7) is 25.8. The molecule has 12 aromatic rings. The van der Waals surface area contributed by atoms with Gasteiger partial charge in [0.2, 0.25) is 22.9 Å². The van der Waals surface area contributed by atoms with Crippen molar-refractivity contribution in [2.75, 3.05) is 19.2 Å². The molecule has 0 saturated carbocycles. The van der Waals surface area contributed by atoms with Crippen LogP contribution in [-0.4, -0.2) is 47.3 Å². The molecule has 16 heterocycles. The van der Waals surface area contributed by atoms with E-state index in [0.29, 0.717) is 0 Å². The summed E-state index contributed by atoms with van der Waals surface area (Å²) in [5.41, 5.74) is 18.5. The quantitative estimate of drug-likeness (QED) is 0.123. The fourth-order valence-corrected chi connectivity index (χ4v) is 13.1. The number of aromatic nitrogens is 8. The topological polar surface area (TPSA) is 133 Å². The molecule has 0 amide bonds. The summed E-state index contributed by atoms with van der Waals surface area (Å²) in [6.07, 6.45) is 25.2. The lowest BCUT2D eigenvalue weighted by Gasteiger charge is -2.22. The van der Waals surface area contributed by atoms with E-state index in [1.54, 1.807) is 0 Å². The second kappa shape index (κ2) is 24.2. The van der Waals surface area contributed by atoms with Crippen LogP contribution in [0.5, 0.6) is 0 Å². The number of hydrogen-bond donors (Lipinski definition) is 0. The number of anilines is 4. The van der Waals surface area contributed by atoms with E-state index in [2.05, 4.69) is 269 Å². The Labute approximate surface area is 539 Å². The van der Waals surface area contributed by atoms with Gasteiger partial charge in [-0.15, -0.1) is 0 Å². The highest BCUT2D eigenvalue weighted by atomic mass is 16.4. The molecule has 0 radical (unpaired) electrons. The summed E-state index contributed by atoms with van der Waals surface area (Å²) in [6, 6.07) is 33.6. The van der Waals surface area contributed by atoms with Gasteiger partial charge in [-0.2, -0.15) is 0 Å². The Hall–Kier alpha value is -10.2. The largest absolute Gasteiger partial charge is 0.447 e. The Bertz CT molecular complexity index is 5020. The third-order valence-corrected chi connectivity index (χ3v) is 18.2. The van der Waals surface area contributed by atoms with Gasteiger partial charge in [-0.25, -0.2) is 38.2 Å². The molecule has 0 saturated heterocycles. The zero-order valence-electron chi connectivity index (χ0n) is 55.5. The fraction of sp³-hybridized carbons (Fsp3) is 0.222. The maximum absolute atomic E-state index is 6.09. The Morgan fingerprint density at radius 2 is 0.783 bits per heavy atom. The van der Waals surface area contributed by atoms with Gasteiger partial charge < -0.3 is 17.7 Å². The number of nitrogens with zero attached hydrogens (tertiary/aromatic N) is 12. The highest BCUT2D eigenvalue weighted by molar-refractivity contribution is 6.80. The molecule has 0 fully saturated rings. The molecule has 0 N–H and O–H groups in total. The minimum Gasteiger partial charge on any atom is -0.447 e. The molecular formula is C72H76B4N12O4+4. The molecule has 0 spiro atoms. The maximum atomic E-state index is 6.09. The zero-order chi connectivity index (χ0) is 64.5. The Morgan fingerprint density at radius 3 is 1.27 bits per heavy atom. The molecule has 12 aromatic heterocycles. The van der Waals surface area contributed by atoms with E-state index < -0.39 is 0 Å². The van der Waals surface area contributed by atoms with Crippen molar-refractivity contribution in [3.63, 3.8) is 0 Å². The van der Waals surface area contributed by atoms with Crippen molar-refractivity contribution in [3.8, 4) is 0 Å². The molecule has 0 unspecified atom stereocenters. The summed E-state index contributed by atoms with van der Waals surface area (Å²) in [5.74, 6) is 6.42. The van der Waals surface area contributed by atoms with Crippen LogP contribution >= 0.6 is 0 Å². The van der Waals surface area contributed by atoms with Gasteiger partial charge >= 0.3 is 27.4 Å². The van der Waals surface area contributed by atoms with Crippen molar-refractivity contribution in [3.05, 3.63) is 214 Å². The van der Waals surface area contributed by atoms with E-state index in [-0.39, 0.29) is 27.4 Å². The van der Waals surface area contributed by atoms with Crippen LogP contribution in [0.15, 0.2) is 164 Å². The van der Waals surface area contributed by atoms with E-state index in [9.17, 15) is 0 Å². The fourth-order valence-electron chi connectivity index (χ4n) is 13.1. The summed E-state index contributed by atoms with van der Waals surface area (Å²) >= 11 is 0. The van der Waals surface area contributed by atoms with Gasteiger partial charge in [-0.1, -0.05) is 6.07 Å². The first-order chi connectivity index (χ1) is 44.2. The molecule has 0 aromatic carbocycles. The molecule has 4 aliphatic heterocycles. The van der Waals surface area contributed by atoms with Crippen molar-refractivity contribution < 1.29 is 35.9 Å². The Morgan fingerprint density at radius 1 is 0.359 bits per heavy atom. The van der Waals surface area contributed by atoms with Crippen molar-refractivity contribution in [1.82, 2.24) is 19.9 Å². The Balaban J connectivity index is 0.000000112. The smallest absolute Gasteiger partial charge is 0.447 e. The summed E-state index contributed by atoms with van der Waals surface area (Å²) in [4.78, 5) is 27.1. The number of pyridine rings is 8. The van der Waals surface area contributed by atoms with E-state index in [1.807, 2.05) is 70.2 Å². The van der Waals surface area contributed by atoms with Crippen molar-refractivity contribution in [2.24, 2.45) is 28.2 Å². The van der Waals surface area contributed by atoms with Crippen molar-refractivity contribution in [2.45, 2.75) is 82.7 Å². The van der Waals surface area contributed by atoms with E-state index in [4.69, 9.17) is 17.7 Å². The lowest BCUT2D eigenvalue weighted by Crippen LogP contribution is -2.50. The summed E-state index contributed by atoms with van der Waals surface area (Å²) in [5, 5.41) is 4.37. The molecule has 20 heteroatoms. The van der Waals surface area contributed by atoms with Gasteiger partial charge in [0, 0.05) is 103 Å². The van der Waals surface area contributed by atoms with Crippen molar-refractivity contribution >= 4 is 142 Å². The number of hydrogen-bond acceptors (Lipinski definition) is 12. The number of fused-ring (bicyclic) bond motifs is 12. The number of rotatable bonds is 4. The zero-order valence-corrected chi connectivity index (χ0v) is 55.5. The van der Waals surface area contributed by atoms with Crippen LogP contribution in [0.2, 0.25) is 27.3 Å². The summed E-state index contributed by atoms with van der Waals surface area (Å²) < 4.78 is 32.6. The standard InChI is InChI=1S/C19H21BN3O.2C18H19BN3O.C17H17BN3O/c1-12-10-17(22(5)11-13(12)2)23-9-8-16-18(20(23)4)15-7-6-14(3)21-19(15)24-16;1-12-5-8-16(21(4)11-12)22-10-9-14-15-7-6-13(2)20-18(15)23-17(14)19(22)3;1-12-7-9-21(4)16(11-12)22-10-8-15-17(19(22)3)14-6-5-13(2)20-18(14)23-15;1-12-7-8-14-13-9-11-21(15-6-4-5-10-20(15)3)18(2)16(13)22-17(14)19-12/h6-11H,1-5H3;2*5-11H,1-4H3;4-11H,1-3H3/q4*+1. The van der Waals surface area contributed by atoms with Gasteiger partial charge in [0.25, 0.3) is 23.3 Å². The molecular weight excluding hydrogens is 1140 g/mol. The third-order valence-electron chi connectivity index (χ3n) is 18.2. The SMILES string of the molecule is CB1c2c(oc3nc(C)ccc23)C=CN1c1cc(C)c(C)c[n+]1C.CB1c2c(oc3nc(C)ccc23)C=CN1c1cc(C)cc[n+]1C.CB1c2oc3nc(C)ccc3c2C=CN1c1ccc(C)c[n+]1C.CB1c2oc3nc(C)ccc3c2C=CN1c1cccc[n+]1C. The lowest BCUT2D eigenvalue weighted by molar-refractivity contribution is -0.658. The van der Waals surface area contributed by atoms with Crippen LogP contribution < -0.4 is 59.8 Å². The predicted molar refractivity (Wildman–Crippen MR) is 375 cm³/mol. The lowest BCUT2D eigenvalue weighted by atomic mass is 9.54. The van der Waals surface area contributed by atoms with Crippen molar-refractivity contribution in [1.29, 1.82) is 0 Å². The maximum Gasteiger partial charge on any atom is 0.447 e. The van der Waals surface area contributed by atoms with Crippen LogP contribution in [0.3, 0.4) is 0 Å². The van der Waals surface area contributed by atoms with E-state index in [1.165, 1.54) is 39.0 Å². The highest BCUT2D eigenvalue weighted by Crippen LogP contribution is 2.31.